The van der Waals surface area contributed by atoms with E-state index in [1.165, 1.54) is 12.8 Å². The molecular formula is C21H27ClN4O. The number of benzene rings is 1. The van der Waals surface area contributed by atoms with Gasteiger partial charge >= 0.3 is 0 Å². The summed E-state index contributed by atoms with van der Waals surface area (Å²) in [5, 5.41) is 8.20. The van der Waals surface area contributed by atoms with Crippen LogP contribution in [0.15, 0.2) is 24.3 Å². The number of aromatic amines is 1. The van der Waals surface area contributed by atoms with Crippen molar-refractivity contribution in [3.8, 4) is 0 Å². The number of nitrogens with zero attached hydrogens (tertiary/aromatic N) is 3. The summed E-state index contributed by atoms with van der Waals surface area (Å²) in [6, 6.07) is 7.70. The van der Waals surface area contributed by atoms with Crippen LogP contribution in [0.3, 0.4) is 0 Å². The van der Waals surface area contributed by atoms with Gasteiger partial charge in [-0.05, 0) is 49.9 Å². The minimum Gasteiger partial charge on any atom is -0.325 e. The molecule has 5 nitrogen and oxygen atoms in total. The van der Waals surface area contributed by atoms with E-state index >= 15 is 0 Å². The Labute approximate surface area is 165 Å². The molecule has 0 spiro atoms. The predicted molar refractivity (Wildman–Crippen MR) is 107 cm³/mol. The fraction of sp³-hybridized carbons (Fsp3) is 0.524. The van der Waals surface area contributed by atoms with Gasteiger partial charge in [0.05, 0.1) is 11.7 Å². The van der Waals surface area contributed by atoms with Crippen LogP contribution < -0.4 is 0 Å². The Balaban J connectivity index is 1.70. The third-order valence-electron chi connectivity index (χ3n) is 5.60. The van der Waals surface area contributed by atoms with Crippen molar-refractivity contribution in [2.45, 2.75) is 39.2 Å². The van der Waals surface area contributed by atoms with Gasteiger partial charge in [-0.15, -0.1) is 0 Å². The molecular weight excluding hydrogens is 360 g/mol. The van der Waals surface area contributed by atoms with E-state index in [1.807, 2.05) is 29.2 Å². The summed E-state index contributed by atoms with van der Waals surface area (Å²) in [5.41, 5.74) is 3.63. The van der Waals surface area contributed by atoms with Crippen molar-refractivity contribution in [2.24, 2.45) is 5.92 Å². The van der Waals surface area contributed by atoms with Gasteiger partial charge in [0, 0.05) is 23.7 Å². The van der Waals surface area contributed by atoms with Gasteiger partial charge in [-0.25, -0.2) is 0 Å². The number of H-pyrrole nitrogens is 1. The molecule has 1 N–H and O–H groups in total. The molecule has 2 aromatic rings. The lowest BCUT2D eigenvalue weighted by Crippen LogP contribution is -2.37. The van der Waals surface area contributed by atoms with Crippen LogP contribution in [-0.4, -0.2) is 52.1 Å². The molecule has 1 aromatic carbocycles. The molecule has 6 heteroatoms. The maximum atomic E-state index is 13.2. The van der Waals surface area contributed by atoms with Gasteiger partial charge in [-0.1, -0.05) is 43.6 Å². The summed E-state index contributed by atoms with van der Waals surface area (Å²) in [6.07, 6.45) is 3.35. The number of amides is 1. The first kappa shape index (κ1) is 18.5. The van der Waals surface area contributed by atoms with Crippen LogP contribution in [0.25, 0.3) is 0 Å². The van der Waals surface area contributed by atoms with Crippen molar-refractivity contribution in [1.82, 2.24) is 20.0 Å². The Morgan fingerprint density at radius 1 is 1.22 bits per heavy atom. The average molecular weight is 387 g/mol. The number of halogens is 1. The lowest BCUT2D eigenvalue weighted by atomic mass is 9.95. The van der Waals surface area contributed by atoms with Gasteiger partial charge in [0.1, 0.15) is 5.69 Å². The van der Waals surface area contributed by atoms with E-state index in [-0.39, 0.29) is 11.9 Å². The number of aromatic nitrogens is 2. The number of hydrogen-bond acceptors (Lipinski definition) is 3. The Kier molecular flexibility index (Phi) is 5.24. The first-order valence-corrected chi connectivity index (χ1v) is 10.3. The SMILES string of the molecule is CC(C)Cc1n[nH]c2c1C(c1ccccc1Cl)N(CCN1CCCC1)C2=O. The number of carbonyl (C=O) groups is 1. The summed E-state index contributed by atoms with van der Waals surface area (Å²) in [7, 11) is 0. The molecule has 1 amide bonds. The minimum absolute atomic E-state index is 0.0385. The van der Waals surface area contributed by atoms with Crippen molar-refractivity contribution >= 4 is 17.5 Å². The van der Waals surface area contributed by atoms with Gasteiger partial charge in [0.25, 0.3) is 5.91 Å². The Morgan fingerprint density at radius 3 is 2.67 bits per heavy atom. The second kappa shape index (κ2) is 7.64. The van der Waals surface area contributed by atoms with E-state index in [9.17, 15) is 4.79 Å². The van der Waals surface area contributed by atoms with E-state index in [0.717, 1.165) is 42.9 Å². The van der Waals surface area contributed by atoms with Crippen LogP contribution in [0.2, 0.25) is 5.02 Å². The second-order valence-electron chi connectivity index (χ2n) is 8.03. The molecule has 1 aromatic heterocycles. The zero-order chi connectivity index (χ0) is 19.0. The van der Waals surface area contributed by atoms with Crippen LogP contribution in [0, 0.1) is 5.92 Å². The smallest absolute Gasteiger partial charge is 0.273 e. The van der Waals surface area contributed by atoms with Gasteiger partial charge in [0.15, 0.2) is 0 Å². The normalized spacial score (nSPS) is 20.1. The Morgan fingerprint density at radius 2 is 1.96 bits per heavy atom. The number of carbonyl (C=O) groups excluding carboxylic acids is 1. The Bertz CT molecular complexity index is 825. The molecule has 2 aliphatic heterocycles. The zero-order valence-corrected chi connectivity index (χ0v) is 16.8. The molecule has 1 fully saturated rings. The second-order valence-corrected chi connectivity index (χ2v) is 8.44. The van der Waals surface area contributed by atoms with Gasteiger partial charge in [-0.2, -0.15) is 5.10 Å². The van der Waals surface area contributed by atoms with Crippen LogP contribution >= 0.6 is 11.6 Å². The Hall–Kier alpha value is -1.85. The molecule has 27 heavy (non-hydrogen) atoms. The summed E-state index contributed by atoms with van der Waals surface area (Å²) >= 11 is 6.56. The molecule has 0 saturated carbocycles. The lowest BCUT2D eigenvalue weighted by molar-refractivity contribution is 0.0726. The zero-order valence-electron chi connectivity index (χ0n) is 16.0. The molecule has 1 unspecified atom stereocenters. The molecule has 1 atom stereocenters. The van der Waals surface area contributed by atoms with Gasteiger partial charge in [0.2, 0.25) is 0 Å². The highest BCUT2D eigenvalue weighted by atomic mass is 35.5. The van der Waals surface area contributed by atoms with E-state index in [2.05, 4.69) is 28.9 Å². The molecule has 3 heterocycles. The number of hydrogen-bond donors (Lipinski definition) is 1. The monoisotopic (exact) mass is 386 g/mol. The molecule has 0 bridgehead atoms. The number of nitrogens with one attached hydrogen (secondary N) is 1. The molecule has 2 aliphatic rings. The lowest BCUT2D eigenvalue weighted by Gasteiger charge is -2.29. The quantitative estimate of drug-likeness (QED) is 0.819. The topological polar surface area (TPSA) is 52.2 Å². The van der Waals surface area contributed by atoms with Gasteiger partial charge < -0.3 is 9.80 Å². The van der Waals surface area contributed by atoms with Crippen LogP contribution in [-0.2, 0) is 6.42 Å². The standard InChI is InChI=1S/C21H27ClN4O/c1-14(2)13-17-18-19(24-23-17)21(27)26(12-11-25-9-5-6-10-25)20(18)15-7-3-4-8-16(15)22/h3-4,7-8,14,20H,5-6,9-13H2,1-2H3,(H,23,24). The molecule has 1 saturated heterocycles. The van der Waals surface area contributed by atoms with Crippen molar-refractivity contribution < 1.29 is 4.79 Å². The number of likely N-dealkylation sites (tertiary alicyclic amines) is 1. The molecule has 144 valence electrons. The summed E-state index contributed by atoms with van der Waals surface area (Å²) < 4.78 is 0. The number of rotatable bonds is 6. The summed E-state index contributed by atoms with van der Waals surface area (Å²) in [6.45, 7) is 8.22. The van der Waals surface area contributed by atoms with E-state index in [1.54, 1.807) is 0 Å². The number of fused-ring (bicyclic) bond motifs is 1. The van der Waals surface area contributed by atoms with Crippen molar-refractivity contribution in [3.05, 3.63) is 51.8 Å². The third kappa shape index (κ3) is 3.50. The molecule has 4 rings (SSSR count). The van der Waals surface area contributed by atoms with Crippen molar-refractivity contribution in [3.63, 3.8) is 0 Å². The molecule has 0 radical (unpaired) electrons. The average Bonchev–Trinajstić information content (AvgIpc) is 3.33. The van der Waals surface area contributed by atoms with Crippen LogP contribution in [0.1, 0.15) is 60.0 Å². The minimum atomic E-state index is -0.156. The fourth-order valence-electron chi connectivity index (χ4n) is 4.31. The third-order valence-corrected chi connectivity index (χ3v) is 5.94. The maximum Gasteiger partial charge on any atom is 0.273 e. The van der Waals surface area contributed by atoms with E-state index in [0.29, 0.717) is 23.2 Å². The van der Waals surface area contributed by atoms with Crippen LogP contribution in [0.5, 0.6) is 0 Å². The van der Waals surface area contributed by atoms with Gasteiger partial charge in [-0.3, -0.25) is 9.89 Å². The van der Waals surface area contributed by atoms with Crippen molar-refractivity contribution in [2.75, 3.05) is 26.2 Å². The van der Waals surface area contributed by atoms with E-state index in [4.69, 9.17) is 11.6 Å². The first-order valence-electron chi connectivity index (χ1n) is 9.91. The highest BCUT2D eigenvalue weighted by Crippen LogP contribution is 2.42. The summed E-state index contributed by atoms with van der Waals surface area (Å²) in [5.74, 6) is 0.509. The van der Waals surface area contributed by atoms with Crippen LogP contribution in [0.4, 0.5) is 0 Å². The largest absolute Gasteiger partial charge is 0.325 e. The predicted octanol–water partition coefficient (Wildman–Crippen LogP) is 3.90. The highest BCUT2D eigenvalue weighted by molar-refractivity contribution is 6.31. The fourth-order valence-corrected chi connectivity index (χ4v) is 4.55. The van der Waals surface area contributed by atoms with Crippen molar-refractivity contribution in [1.29, 1.82) is 0 Å². The maximum absolute atomic E-state index is 13.2. The van der Waals surface area contributed by atoms with E-state index < -0.39 is 0 Å². The summed E-state index contributed by atoms with van der Waals surface area (Å²) in [4.78, 5) is 17.6. The molecule has 0 aliphatic carbocycles. The first-order chi connectivity index (χ1) is 13.1. The highest BCUT2D eigenvalue weighted by Gasteiger charge is 2.42.